The highest BCUT2D eigenvalue weighted by molar-refractivity contribution is 7.78. The third-order valence-electron chi connectivity index (χ3n) is 5.03. The molecule has 3 aromatic rings. The van der Waals surface area contributed by atoms with Gasteiger partial charge in [-0.25, -0.2) is 8.78 Å². The van der Waals surface area contributed by atoms with Gasteiger partial charge in [0.2, 0.25) is 0 Å². The lowest BCUT2D eigenvalue weighted by Crippen LogP contribution is -2.12. The van der Waals surface area contributed by atoms with E-state index in [-0.39, 0.29) is 5.56 Å². The molecule has 0 aliphatic heterocycles. The number of halogens is 2. The molecule has 1 nitrogen and oxygen atoms in total. The minimum atomic E-state index is -0.565. The minimum absolute atomic E-state index is 0.0251. The first-order valence-electron chi connectivity index (χ1n) is 8.90. The summed E-state index contributed by atoms with van der Waals surface area (Å²) in [6.45, 7) is 0. The zero-order chi connectivity index (χ0) is 18.8. The van der Waals surface area contributed by atoms with Gasteiger partial charge >= 0.3 is 0 Å². The average Bonchev–Trinajstić information content (AvgIpc) is 3.08. The molecule has 1 aliphatic carbocycles. The van der Waals surface area contributed by atoms with Crippen LogP contribution in [0.4, 0.5) is 14.5 Å². The van der Waals surface area contributed by atoms with Gasteiger partial charge in [0.25, 0.3) is 0 Å². The molecule has 1 aliphatic rings. The predicted octanol–water partition coefficient (Wildman–Crippen LogP) is 7.44. The molecule has 0 N–H and O–H groups in total. The molecule has 0 spiro atoms. The van der Waals surface area contributed by atoms with Crippen molar-refractivity contribution in [2.75, 3.05) is 0 Å². The van der Waals surface area contributed by atoms with E-state index >= 15 is 0 Å². The van der Waals surface area contributed by atoms with Crippen molar-refractivity contribution in [2.45, 2.75) is 25.7 Å². The molecule has 27 heavy (non-hydrogen) atoms. The Bertz CT molecular complexity index is 990. The SMILES string of the molecule is Fc1cc(-c2ccc(CC3CCC3)s2)cc(F)c1-c1ccc(N=C=S)cc1. The number of rotatable bonds is 5. The summed E-state index contributed by atoms with van der Waals surface area (Å²) >= 11 is 6.19. The van der Waals surface area contributed by atoms with E-state index in [0.717, 1.165) is 17.2 Å². The van der Waals surface area contributed by atoms with Crippen molar-refractivity contribution in [2.24, 2.45) is 10.9 Å². The molecule has 1 fully saturated rings. The fourth-order valence-electron chi connectivity index (χ4n) is 3.37. The van der Waals surface area contributed by atoms with Crippen molar-refractivity contribution in [3.05, 3.63) is 65.0 Å². The average molecular weight is 398 g/mol. The zero-order valence-electron chi connectivity index (χ0n) is 14.5. The fourth-order valence-corrected chi connectivity index (χ4v) is 4.59. The Labute approximate surface area is 166 Å². The first-order chi connectivity index (χ1) is 13.1. The Morgan fingerprint density at radius 2 is 1.70 bits per heavy atom. The molecule has 1 aromatic heterocycles. The summed E-state index contributed by atoms with van der Waals surface area (Å²) < 4.78 is 29.4. The molecule has 0 bridgehead atoms. The zero-order valence-corrected chi connectivity index (χ0v) is 16.2. The smallest absolute Gasteiger partial charge is 0.134 e. The maximum Gasteiger partial charge on any atom is 0.134 e. The summed E-state index contributed by atoms with van der Waals surface area (Å²) in [4.78, 5) is 6.04. The molecule has 136 valence electrons. The normalized spacial score (nSPS) is 13.9. The summed E-state index contributed by atoms with van der Waals surface area (Å²) in [6.07, 6.45) is 4.98. The Morgan fingerprint density at radius 1 is 1.00 bits per heavy atom. The molecular weight excluding hydrogens is 380 g/mol. The Kier molecular flexibility index (Phi) is 5.26. The monoisotopic (exact) mass is 397 g/mol. The number of hydrogen-bond acceptors (Lipinski definition) is 3. The number of thiophene rings is 1. The summed E-state index contributed by atoms with van der Waals surface area (Å²) in [5, 5.41) is 2.27. The molecule has 4 rings (SSSR count). The van der Waals surface area contributed by atoms with Crippen LogP contribution in [0, 0.1) is 17.6 Å². The summed E-state index contributed by atoms with van der Waals surface area (Å²) in [7, 11) is 0. The number of nitrogens with zero attached hydrogens (tertiary/aromatic N) is 1. The second kappa shape index (κ2) is 7.81. The highest BCUT2D eigenvalue weighted by Gasteiger charge is 2.19. The Balaban J connectivity index is 1.62. The van der Waals surface area contributed by atoms with Gasteiger partial charge in [0, 0.05) is 9.75 Å². The van der Waals surface area contributed by atoms with Gasteiger partial charge < -0.3 is 0 Å². The van der Waals surface area contributed by atoms with Crippen LogP contribution in [0.1, 0.15) is 24.1 Å². The highest BCUT2D eigenvalue weighted by atomic mass is 32.1. The van der Waals surface area contributed by atoms with Crippen LogP contribution in [0.5, 0.6) is 0 Å². The van der Waals surface area contributed by atoms with Gasteiger partial charge in [0.05, 0.1) is 16.4 Å². The number of hydrogen-bond donors (Lipinski definition) is 0. The van der Waals surface area contributed by atoms with Gasteiger partial charge in [-0.15, -0.1) is 11.3 Å². The number of aliphatic imine (C=N–C) groups is 1. The number of thiocarbonyl (C=S) groups is 1. The number of benzene rings is 2. The third-order valence-corrected chi connectivity index (χ3v) is 6.28. The van der Waals surface area contributed by atoms with Crippen LogP contribution in [0.15, 0.2) is 53.5 Å². The van der Waals surface area contributed by atoms with Crippen molar-refractivity contribution in [1.29, 1.82) is 0 Å². The van der Waals surface area contributed by atoms with Gasteiger partial charge in [-0.3, -0.25) is 0 Å². The lowest BCUT2D eigenvalue weighted by molar-refractivity contribution is 0.316. The molecule has 1 saturated carbocycles. The van der Waals surface area contributed by atoms with Gasteiger partial charge in [-0.1, -0.05) is 31.4 Å². The van der Waals surface area contributed by atoms with Crippen molar-refractivity contribution in [1.82, 2.24) is 0 Å². The van der Waals surface area contributed by atoms with Crippen molar-refractivity contribution in [3.8, 4) is 21.6 Å². The lowest BCUT2D eigenvalue weighted by Gasteiger charge is -2.24. The van der Waals surface area contributed by atoms with E-state index in [9.17, 15) is 8.78 Å². The Hall–Kier alpha value is -2.20. The van der Waals surface area contributed by atoms with Gasteiger partial charge in [-0.2, -0.15) is 4.99 Å². The summed E-state index contributed by atoms with van der Waals surface area (Å²) in [5.41, 5.74) is 1.63. The largest absolute Gasteiger partial charge is 0.206 e. The molecule has 0 atom stereocenters. The van der Waals surface area contributed by atoms with Crippen LogP contribution in [0.2, 0.25) is 0 Å². The van der Waals surface area contributed by atoms with Crippen LogP contribution < -0.4 is 0 Å². The standard InChI is InChI=1S/C22H17F2NS2/c23-19-11-16(21-9-8-18(27-21)10-14-2-1-3-14)12-20(24)22(19)15-4-6-17(7-5-15)25-13-26/h4-9,11-12,14H,1-3,10H2. The Morgan fingerprint density at radius 3 is 2.30 bits per heavy atom. The van der Waals surface area contributed by atoms with Crippen LogP contribution in [0.25, 0.3) is 21.6 Å². The first kappa shape index (κ1) is 18.2. The molecule has 0 unspecified atom stereocenters. The van der Waals surface area contributed by atoms with Crippen molar-refractivity contribution < 1.29 is 8.78 Å². The van der Waals surface area contributed by atoms with Crippen LogP contribution in [0.3, 0.4) is 0 Å². The number of isothiocyanates is 1. The minimum Gasteiger partial charge on any atom is -0.206 e. The van der Waals surface area contributed by atoms with Gasteiger partial charge in [0.1, 0.15) is 11.6 Å². The molecule has 0 radical (unpaired) electrons. The highest BCUT2D eigenvalue weighted by Crippen LogP contribution is 2.37. The molecular formula is C22H17F2NS2. The van der Waals surface area contributed by atoms with E-state index in [1.807, 2.05) is 6.07 Å². The van der Waals surface area contributed by atoms with E-state index in [2.05, 4.69) is 28.4 Å². The van der Waals surface area contributed by atoms with E-state index < -0.39 is 11.6 Å². The van der Waals surface area contributed by atoms with Crippen LogP contribution >= 0.6 is 23.6 Å². The maximum atomic E-state index is 14.7. The van der Waals surface area contributed by atoms with E-state index in [4.69, 9.17) is 0 Å². The van der Waals surface area contributed by atoms with Gasteiger partial charge in [-0.05, 0) is 72.1 Å². The summed E-state index contributed by atoms with van der Waals surface area (Å²) in [6, 6.07) is 13.5. The summed E-state index contributed by atoms with van der Waals surface area (Å²) in [5.74, 6) is -0.354. The molecule has 0 amide bonds. The van der Waals surface area contributed by atoms with E-state index in [1.165, 1.54) is 36.3 Å². The van der Waals surface area contributed by atoms with Crippen molar-refractivity contribution in [3.63, 3.8) is 0 Å². The first-order valence-corrected chi connectivity index (χ1v) is 10.1. The van der Waals surface area contributed by atoms with Crippen molar-refractivity contribution >= 4 is 34.4 Å². The second-order valence-corrected chi connectivity index (χ2v) is 8.18. The lowest BCUT2D eigenvalue weighted by atomic mass is 9.83. The second-order valence-electron chi connectivity index (χ2n) is 6.83. The molecule has 1 heterocycles. The molecule has 2 aromatic carbocycles. The maximum absolute atomic E-state index is 14.7. The third kappa shape index (κ3) is 3.91. The fraction of sp³-hybridized carbons (Fsp3) is 0.227. The topological polar surface area (TPSA) is 12.4 Å². The van der Waals surface area contributed by atoms with Gasteiger partial charge in [0.15, 0.2) is 0 Å². The van der Waals surface area contributed by atoms with E-state index in [1.54, 1.807) is 35.6 Å². The molecule has 0 saturated heterocycles. The quantitative estimate of drug-likeness (QED) is 0.322. The van der Waals surface area contributed by atoms with E-state index in [0.29, 0.717) is 16.8 Å². The van der Waals surface area contributed by atoms with Crippen LogP contribution in [-0.4, -0.2) is 5.16 Å². The predicted molar refractivity (Wildman–Crippen MR) is 111 cm³/mol. The molecule has 5 heteroatoms. The van der Waals surface area contributed by atoms with Crippen LogP contribution in [-0.2, 0) is 6.42 Å².